The average molecular weight is 461 g/mol. The Morgan fingerprint density at radius 3 is 2.79 bits per heavy atom. The molecule has 1 atom stereocenters. The topological polar surface area (TPSA) is 77.1 Å². The summed E-state index contributed by atoms with van der Waals surface area (Å²) in [6.45, 7) is 1.58. The summed E-state index contributed by atoms with van der Waals surface area (Å²) >= 11 is 0. The molecule has 176 valence electrons. The molecule has 1 unspecified atom stereocenters. The predicted molar refractivity (Wildman–Crippen MR) is 129 cm³/mol. The average Bonchev–Trinajstić information content (AvgIpc) is 2.88. The number of nitrogens with zero attached hydrogens (tertiary/aromatic N) is 1. The standard InChI is InChI=1S/C27H28N2O5/c30-24-18-33-26-22(9-5-10-23(26)34-25-11-3-4-16-32-25)29(24)15-6-14-28-27(31)21-13-12-19-7-1-2-8-20(19)17-21/h1-2,5,7-10,12-13,17,25H,3-4,6,11,14-16,18H2,(H,28,31). The molecule has 2 heterocycles. The van der Waals surface area contributed by atoms with Gasteiger partial charge in [-0.05, 0) is 54.3 Å². The Hall–Kier alpha value is -3.58. The van der Waals surface area contributed by atoms with Crippen molar-refractivity contribution in [3.8, 4) is 11.5 Å². The van der Waals surface area contributed by atoms with Crippen molar-refractivity contribution >= 4 is 28.3 Å². The van der Waals surface area contributed by atoms with E-state index in [1.165, 1.54) is 0 Å². The van der Waals surface area contributed by atoms with Crippen LogP contribution in [-0.4, -0.2) is 44.4 Å². The number of hydrogen-bond acceptors (Lipinski definition) is 5. The van der Waals surface area contributed by atoms with Gasteiger partial charge in [0, 0.05) is 25.1 Å². The summed E-state index contributed by atoms with van der Waals surface area (Å²) in [6.07, 6.45) is 3.27. The highest BCUT2D eigenvalue weighted by Gasteiger charge is 2.29. The zero-order valence-electron chi connectivity index (χ0n) is 19.0. The number of anilines is 1. The van der Waals surface area contributed by atoms with Crippen LogP contribution in [0.1, 0.15) is 36.0 Å². The third-order valence-electron chi connectivity index (χ3n) is 6.14. The van der Waals surface area contributed by atoms with Crippen LogP contribution in [0.3, 0.4) is 0 Å². The van der Waals surface area contributed by atoms with Gasteiger partial charge in [-0.1, -0.05) is 36.4 Å². The number of ether oxygens (including phenoxy) is 3. The summed E-state index contributed by atoms with van der Waals surface area (Å²) in [4.78, 5) is 26.9. The van der Waals surface area contributed by atoms with Crippen molar-refractivity contribution in [1.29, 1.82) is 0 Å². The maximum atomic E-state index is 12.6. The number of carbonyl (C=O) groups excluding carboxylic acids is 2. The molecule has 0 aliphatic carbocycles. The predicted octanol–water partition coefficient (Wildman–Crippen LogP) is 4.29. The van der Waals surface area contributed by atoms with Crippen LogP contribution >= 0.6 is 0 Å². The van der Waals surface area contributed by atoms with Crippen LogP contribution in [0.4, 0.5) is 5.69 Å². The molecule has 0 spiro atoms. The summed E-state index contributed by atoms with van der Waals surface area (Å²) in [5.74, 6) is 0.921. The molecule has 3 aromatic carbocycles. The Kier molecular flexibility index (Phi) is 6.62. The molecule has 1 fully saturated rings. The third kappa shape index (κ3) is 4.84. The summed E-state index contributed by atoms with van der Waals surface area (Å²) < 4.78 is 17.5. The van der Waals surface area contributed by atoms with Gasteiger partial charge in [0.25, 0.3) is 11.8 Å². The first kappa shape index (κ1) is 22.2. The van der Waals surface area contributed by atoms with Crippen LogP contribution in [0.5, 0.6) is 11.5 Å². The van der Waals surface area contributed by atoms with Crippen molar-refractivity contribution in [1.82, 2.24) is 5.32 Å². The fraction of sp³-hybridized carbons (Fsp3) is 0.333. The second-order valence-corrected chi connectivity index (χ2v) is 8.52. The number of para-hydroxylation sites is 1. The quantitative estimate of drug-likeness (QED) is 0.533. The van der Waals surface area contributed by atoms with Crippen LogP contribution in [-0.2, 0) is 9.53 Å². The van der Waals surface area contributed by atoms with Crippen LogP contribution in [0.25, 0.3) is 10.8 Å². The molecule has 2 amide bonds. The fourth-order valence-electron chi connectivity index (χ4n) is 4.36. The minimum Gasteiger partial charge on any atom is -0.478 e. The normalized spacial score (nSPS) is 17.7. The zero-order chi connectivity index (χ0) is 23.3. The fourth-order valence-corrected chi connectivity index (χ4v) is 4.36. The zero-order valence-corrected chi connectivity index (χ0v) is 19.0. The lowest BCUT2D eigenvalue weighted by Gasteiger charge is -2.31. The van der Waals surface area contributed by atoms with E-state index in [0.717, 1.165) is 30.0 Å². The van der Waals surface area contributed by atoms with Gasteiger partial charge in [0.2, 0.25) is 0 Å². The van der Waals surface area contributed by atoms with Gasteiger partial charge < -0.3 is 24.4 Å². The smallest absolute Gasteiger partial charge is 0.265 e. The van der Waals surface area contributed by atoms with Gasteiger partial charge in [-0.25, -0.2) is 0 Å². The highest BCUT2D eigenvalue weighted by Crippen LogP contribution is 2.41. The molecule has 0 bridgehead atoms. The van der Waals surface area contributed by atoms with E-state index in [2.05, 4.69) is 5.32 Å². The molecule has 5 rings (SSSR count). The SMILES string of the molecule is O=C(NCCCN1C(=O)COc2c(OC3CCCCO3)cccc21)c1ccc2ccccc2c1. The van der Waals surface area contributed by atoms with E-state index in [9.17, 15) is 9.59 Å². The van der Waals surface area contributed by atoms with Gasteiger partial charge in [0.05, 0.1) is 12.3 Å². The highest BCUT2D eigenvalue weighted by atomic mass is 16.7. The summed E-state index contributed by atoms with van der Waals surface area (Å²) in [5.41, 5.74) is 1.31. The van der Waals surface area contributed by atoms with Crippen LogP contribution in [0.15, 0.2) is 60.7 Å². The molecule has 1 saturated heterocycles. The Bertz CT molecular complexity index is 1190. The van der Waals surface area contributed by atoms with E-state index in [-0.39, 0.29) is 24.7 Å². The lowest BCUT2D eigenvalue weighted by atomic mass is 10.1. The molecule has 7 nitrogen and oxygen atoms in total. The van der Waals surface area contributed by atoms with E-state index in [0.29, 0.717) is 48.9 Å². The number of hydrogen-bond donors (Lipinski definition) is 1. The molecule has 0 radical (unpaired) electrons. The lowest BCUT2D eigenvalue weighted by molar-refractivity contribution is -0.121. The minimum absolute atomic E-state index is 0.0393. The second kappa shape index (κ2) is 10.1. The highest BCUT2D eigenvalue weighted by molar-refractivity contribution is 5.99. The second-order valence-electron chi connectivity index (χ2n) is 8.52. The third-order valence-corrected chi connectivity index (χ3v) is 6.14. The number of nitrogens with one attached hydrogen (secondary N) is 1. The van der Waals surface area contributed by atoms with Crippen molar-refractivity contribution in [3.05, 3.63) is 66.2 Å². The monoisotopic (exact) mass is 460 g/mol. The molecule has 1 N–H and O–H groups in total. The van der Waals surface area contributed by atoms with Crippen LogP contribution in [0.2, 0.25) is 0 Å². The molecular weight excluding hydrogens is 432 g/mol. The van der Waals surface area contributed by atoms with Gasteiger partial charge in [0.1, 0.15) is 0 Å². The molecule has 2 aliphatic heterocycles. The number of amides is 2. The van der Waals surface area contributed by atoms with Crippen molar-refractivity contribution in [2.75, 3.05) is 31.2 Å². The van der Waals surface area contributed by atoms with Crippen LogP contribution < -0.4 is 19.7 Å². The van der Waals surface area contributed by atoms with Gasteiger partial charge in [0.15, 0.2) is 24.4 Å². The van der Waals surface area contributed by atoms with E-state index < -0.39 is 0 Å². The van der Waals surface area contributed by atoms with Crippen molar-refractivity contribution in [3.63, 3.8) is 0 Å². The van der Waals surface area contributed by atoms with Gasteiger partial charge in [-0.2, -0.15) is 0 Å². The first-order valence-electron chi connectivity index (χ1n) is 11.8. The number of rotatable bonds is 7. The maximum absolute atomic E-state index is 12.6. The van der Waals surface area contributed by atoms with E-state index >= 15 is 0 Å². The molecule has 3 aromatic rings. The first-order chi connectivity index (χ1) is 16.7. The number of carbonyl (C=O) groups is 2. The van der Waals surface area contributed by atoms with Gasteiger partial charge >= 0.3 is 0 Å². The lowest BCUT2D eigenvalue weighted by Crippen LogP contribution is -2.40. The number of fused-ring (bicyclic) bond motifs is 2. The summed E-state index contributed by atoms with van der Waals surface area (Å²) in [7, 11) is 0. The van der Waals surface area contributed by atoms with Crippen LogP contribution in [0, 0.1) is 0 Å². The Labute approximate surface area is 198 Å². The molecule has 0 aromatic heterocycles. The van der Waals surface area contributed by atoms with E-state index in [1.54, 1.807) is 4.90 Å². The number of benzene rings is 3. The molecule has 7 heteroatoms. The molecule has 0 saturated carbocycles. The van der Waals surface area contributed by atoms with Crippen molar-refractivity contribution < 1.29 is 23.8 Å². The van der Waals surface area contributed by atoms with E-state index in [4.69, 9.17) is 14.2 Å². The van der Waals surface area contributed by atoms with Gasteiger partial charge in [-0.15, -0.1) is 0 Å². The Morgan fingerprint density at radius 1 is 1.06 bits per heavy atom. The Morgan fingerprint density at radius 2 is 1.94 bits per heavy atom. The molecule has 34 heavy (non-hydrogen) atoms. The Balaban J connectivity index is 1.20. The minimum atomic E-state index is -0.291. The largest absolute Gasteiger partial charge is 0.478 e. The summed E-state index contributed by atoms with van der Waals surface area (Å²) in [5, 5.41) is 5.09. The first-order valence-corrected chi connectivity index (χ1v) is 11.8. The van der Waals surface area contributed by atoms with Crippen molar-refractivity contribution in [2.24, 2.45) is 0 Å². The maximum Gasteiger partial charge on any atom is 0.265 e. The van der Waals surface area contributed by atoms with Gasteiger partial charge in [-0.3, -0.25) is 9.59 Å². The van der Waals surface area contributed by atoms with Crippen molar-refractivity contribution in [2.45, 2.75) is 32.0 Å². The van der Waals surface area contributed by atoms with E-state index in [1.807, 2.05) is 60.7 Å². The molecule has 2 aliphatic rings. The summed E-state index contributed by atoms with van der Waals surface area (Å²) in [6, 6.07) is 19.2. The molecular formula is C27H28N2O5.